The molecule has 0 fully saturated rings. The summed E-state index contributed by atoms with van der Waals surface area (Å²) in [6.45, 7) is 3.19. The molecule has 0 saturated carbocycles. The Morgan fingerprint density at radius 1 is 1.38 bits per heavy atom. The first kappa shape index (κ1) is 17.6. The number of ether oxygens (including phenoxy) is 1. The van der Waals surface area contributed by atoms with Gasteiger partial charge in [0.2, 0.25) is 10.0 Å². The van der Waals surface area contributed by atoms with Crippen LogP contribution in [0.3, 0.4) is 0 Å². The van der Waals surface area contributed by atoms with Crippen molar-refractivity contribution in [2.75, 3.05) is 20.7 Å². The van der Waals surface area contributed by atoms with Crippen molar-refractivity contribution in [3.05, 3.63) is 29.8 Å². The number of nitrogens with zero attached hydrogens (tertiary/aromatic N) is 1. The average Bonchev–Trinajstić information content (AvgIpc) is 2.46. The fourth-order valence-electron chi connectivity index (χ4n) is 1.87. The fourth-order valence-corrected chi connectivity index (χ4v) is 3.19. The molecule has 1 aromatic rings. The van der Waals surface area contributed by atoms with Gasteiger partial charge in [-0.2, -0.15) is 0 Å². The van der Waals surface area contributed by atoms with Crippen molar-refractivity contribution in [1.29, 1.82) is 0 Å². The van der Waals surface area contributed by atoms with E-state index in [0.717, 1.165) is 4.31 Å². The molecule has 0 aliphatic heterocycles. The number of benzene rings is 1. The molecule has 0 radical (unpaired) electrons. The third-order valence-electron chi connectivity index (χ3n) is 3.18. The number of esters is 1. The summed E-state index contributed by atoms with van der Waals surface area (Å²) in [4.78, 5) is 11.5. The van der Waals surface area contributed by atoms with Crippen molar-refractivity contribution >= 4 is 16.0 Å². The molecular formula is C14H21NO5S. The predicted octanol–water partition coefficient (Wildman–Crippen LogP) is 1.17. The van der Waals surface area contributed by atoms with Crippen LogP contribution in [-0.4, -0.2) is 44.5 Å². The molecule has 2 unspecified atom stereocenters. The zero-order chi connectivity index (χ0) is 16.2. The van der Waals surface area contributed by atoms with E-state index in [4.69, 9.17) is 0 Å². The summed E-state index contributed by atoms with van der Waals surface area (Å²) in [7, 11) is -1.05. The van der Waals surface area contributed by atoms with Crippen molar-refractivity contribution in [1.82, 2.24) is 4.31 Å². The van der Waals surface area contributed by atoms with Gasteiger partial charge in [0.05, 0.1) is 24.0 Å². The van der Waals surface area contributed by atoms with Crippen LogP contribution < -0.4 is 0 Å². The van der Waals surface area contributed by atoms with Crippen LogP contribution in [0.1, 0.15) is 25.5 Å². The second-order valence-corrected chi connectivity index (χ2v) is 7.00. The molecule has 0 amide bonds. The molecule has 2 atom stereocenters. The van der Waals surface area contributed by atoms with E-state index >= 15 is 0 Å². The Balaban J connectivity index is 3.00. The predicted molar refractivity (Wildman–Crippen MR) is 78.1 cm³/mol. The fraction of sp³-hybridized carbons (Fsp3) is 0.500. The summed E-state index contributed by atoms with van der Waals surface area (Å²) in [5.74, 6) is -1.02. The van der Waals surface area contributed by atoms with E-state index < -0.39 is 28.0 Å². The molecule has 7 heteroatoms. The largest absolute Gasteiger partial charge is 0.469 e. The standard InChI is InChI=1S/C14H21NO5S/c1-10(14(17)20-4)9-15(3)21(18,19)13-7-5-6-12(8-13)11(2)16/h5-8,10-11,16H,9H2,1-4H3. The van der Waals surface area contributed by atoms with E-state index in [1.54, 1.807) is 26.0 Å². The number of hydrogen-bond donors (Lipinski definition) is 1. The molecule has 0 saturated heterocycles. The molecule has 0 aromatic heterocycles. The highest BCUT2D eigenvalue weighted by Crippen LogP contribution is 2.20. The molecular weight excluding hydrogens is 294 g/mol. The van der Waals surface area contributed by atoms with E-state index in [1.165, 1.54) is 26.3 Å². The average molecular weight is 315 g/mol. The minimum absolute atomic E-state index is 0.0217. The number of hydrogen-bond acceptors (Lipinski definition) is 5. The number of sulfonamides is 1. The van der Waals surface area contributed by atoms with Gasteiger partial charge in [-0.15, -0.1) is 0 Å². The first-order valence-electron chi connectivity index (χ1n) is 6.52. The van der Waals surface area contributed by atoms with Gasteiger partial charge in [-0.3, -0.25) is 4.79 Å². The smallest absolute Gasteiger partial charge is 0.309 e. The maximum Gasteiger partial charge on any atom is 0.309 e. The van der Waals surface area contributed by atoms with Crippen molar-refractivity contribution in [2.45, 2.75) is 24.8 Å². The molecule has 6 nitrogen and oxygen atoms in total. The van der Waals surface area contributed by atoms with Gasteiger partial charge in [0.25, 0.3) is 0 Å². The molecule has 0 spiro atoms. The normalized spacial score (nSPS) is 14.8. The number of methoxy groups -OCH3 is 1. The summed E-state index contributed by atoms with van der Waals surface area (Å²) < 4.78 is 30.6. The van der Waals surface area contributed by atoms with Crippen LogP contribution >= 0.6 is 0 Å². The van der Waals surface area contributed by atoms with Gasteiger partial charge >= 0.3 is 5.97 Å². The zero-order valence-electron chi connectivity index (χ0n) is 12.6. The van der Waals surface area contributed by atoms with E-state index in [0.29, 0.717) is 5.56 Å². The van der Waals surface area contributed by atoms with Gasteiger partial charge in [-0.1, -0.05) is 19.1 Å². The van der Waals surface area contributed by atoms with Crippen LogP contribution in [-0.2, 0) is 19.6 Å². The third-order valence-corrected chi connectivity index (χ3v) is 5.00. The van der Waals surface area contributed by atoms with Crippen LogP contribution in [0.15, 0.2) is 29.2 Å². The number of aliphatic hydroxyl groups excluding tert-OH is 1. The lowest BCUT2D eigenvalue weighted by Crippen LogP contribution is -2.34. The molecule has 1 N–H and O–H groups in total. The number of aliphatic hydroxyl groups is 1. The van der Waals surface area contributed by atoms with Crippen molar-refractivity contribution in [2.24, 2.45) is 5.92 Å². The maximum atomic E-state index is 12.4. The molecule has 0 aliphatic rings. The summed E-state index contributed by atoms with van der Waals surface area (Å²) >= 11 is 0. The molecule has 0 aliphatic carbocycles. The van der Waals surface area contributed by atoms with E-state index in [9.17, 15) is 18.3 Å². The van der Waals surface area contributed by atoms with Gasteiger partial charge in [-0.25, -0.2) is 12.7 Å². The topological polar surface area (TPSA) is 83.9 Å². The highest BCUT2D eigenvalue weighted by atomic mass is 32.2. The molecule has 0 bridgehead atoms. The first-order valence-corrected chi connectivity index (χ1v) is 7.96. The highest BCUT2D eigenvalue weighted by molar-refractivity contribution is 7.89. The van der Waals surface area contributed by atoms with Gasteiger partial charge in [-0.05, 0) is 24.6 Å². The van der Waals surface area contributed by atoms with E-state index in [2.05, 4.69) is 4.74 Å². The minimum Gasteiger partial charge on any atom is -0.469 e. The van der Waals surface area contributed by atoms with Crippen LogP contribution in [0, 0.1) is 5.92 Å². The Morgan fingerprint density at radius 2 is 2.00 bits per heavy atom. The second-order valence-electron chi connectivity index (χ2n) is 4.96. The van der Waals surface area contributed by atoms with Gasteiger partial charge in [0.15, 0.2) is 0 Å². The third kappa shape index (κ3) is 4.26. The Kier molecular flexibility index (Phi) is 5.88. The van der Waals surface area contributed by atoms with Crippen LogP contribution in [0.4, 0.5) is 0 Å². The quantitative estimate of drug-likeness (QED) is 0.797. The van der Waals surface area contributed by atoms with Crippen LogP contribution in [0.5, 0.6) is 0 Å². The lowest BCUT2D eigenvalue weighted by molar-refractivity contribution is -0.144. The second kappa shape index (κ2) is 7.02. The zero-order valence-corrected chi connectivity index (χ0v) is 13.4. The summed E-state index contributed by atoms with van der Waals surface area (Å²) in [5.41, 5.74) is 0.519. The Morgan fingerprint density at radius 3 is 2.52 bits per heavy atom. The SMILES string of the molecule is COC(=O)C(C)CN(C)S(=O)(=O)c1cccc(C(C)O)c1. The number of carbonyl (C=O) groups is 1. The van der Waals surface area contributed by atoms with E-state index in [1.807, 2.05) is 0 Å². The monoisotopic (exact) mass is 315 g/mol. The molecule has 1 rings (SSSR count). The highest BCUT2D eigenvalue weighted by Gasteiger charge is 2.25. The van der Waals surface area contributed by atoms with E-state index in [-0.39, 0.29) is 11.4 Å². The maximum absolute atomic E-state index is 12.4. The molecule has 0 heterocycles. The lowest BCUT2D eigenvalue weighted by Gasteiger charge is -2.20. The van der Waals surface area contributed by atoms with Crippen molar-refractivity contribution < 1.29 is 23.1 Å². The Labute approximate surface area is 125 Å². The van der Waals surface area contributed by atoms with Crippen molar-refractivity contribution in [3.8, 4) is 0 Å². The lowest BCUT2D eigenvalue weighted by atomic mass is 10.1. The van der Waals surface area contributed by atoms with Crippen LogP contribution in [0.2, 0.25) is 0 Å². The molecule has 21 heavy (non-hydrogen) atoms. The molecule has 118 valence electrons. The number of rotatable bonds is 6. The summed E-state index contributed by atoms with van der Waals surface area (Å²) in [6, 6.07) is 6.12. The Hall–Kier alpha value is -1.44. The van der Waals surface area contributed by atoms with Gasteiger partial charge in [0, 0.05) is 13.6 Å². The summed E-state index contributed by atoms with van der Waals surface area (Å²) in [5, 5.41) is 9.53. The number of carbonyl (C=O) groups excluding carboxylic acids is 1. The van der Waals surface area contributed by atoms with Gasteiger partial charge in [0.1, 0.15) is 0 Å². The van der Waals surface area contributed by atoms with Crippen LogP contribution in [0.25, 0.3) is 0 Å². The summed E-state index contributed by atoms with van der Waals surface area (Å²) in [6.07, 6.45) is -0.751. The first-order chi connectivity index (χ1) is 9.70. The van der Waals surface area contributed by atoms with Gasteiger partial charge < -0.3 is 9.84 Å². The Bertz CT molecular complexity index is 597. The minimum atomic E-state index is -3.72. The molecule has 1 aromatic carbocycles. The van der Waals surface area contributed by atoms with Crippen molar-refractivity contribution in [3.63, 3.8) is 0 Å².